The minimum Gasteiger partial charge on any atom is -0.345 e. The van der Waals surface area contributed by atoms with Crippen LogP contribution in [0.15, 0.2) is 54.6 Å². The number of amides is 1. The summed E-state index contributed by atoms with van der Waals surface area (Å²) in [7, 11) is 0. The van der Waals surface area contributed by atoms with Gasteiger partial charge >= 0.3 is 0 Å². The molecule has 1 heterocycles. The first-order chi connectivity index (χ1) is 12.9. The van der Waals surface area contributed by atoms with Crippen molar-refractivity contribution in [2.75, 3.05) is 0 Å². The number of benzene rings is 2. The molecule has 142 valence electrons. The van der Waals surface area contributed by atoms with Gasteiger partial charge in [0.25, 0.3) is 0 Å². The zero-order valence-corrected chi connectivity index (χ0v) is 16.7. The van der Waals surface area contributed by atoms with Crippen molar-refractivity contribution in [2.24, 2.45) is 5.41 Å². The van der Waals surface area contributed by atoms with Gasteiger partial charge in [-0.2, -0.15) is 0 Å². The Hall–Kier alpha value is -2.62. The second kappa shape index (κ2) is 7.95. The van der Waals surface area contributed by atoms with E-state index in [0.717, 1.165) is 36.2 Å². The predicted octanol–water partition coefficient (Wildman–Crippen LogP) is 4.89. The van der Waals surface area contributed by atoms with E-state index in [9.17, 15) is 4.79 Å². The second-order valence-electron chi connectivity index (χ2n) is 8.08. The molecule has 0 saturated carbocycles. The van der Waals surface area contributed by atoms with Crippen LogP contribution in [0, 0.1) is 5.41 Å². The molecule has 4 nitrogen and oxygen atoms in total. The number of rotatable bonds is 6. The number of nitrogens with zero attached hydrogens (tertiary/aromatic N) is 2. The number of aromatic nitrogens is 2. The molecule has 2 aromatic carbocycles. The first-order valence-electron chi connectivity index (χ1n) is 9.70. The standard InChI is InChI=1S/C23H29N3O/c1-5-15-26-20-14-10-9-13-18(20)24-21(26)19(25-22(27)23(2,3)4)16-17-11-7-6-8-12-17/h6-14,19H,5,15-16H2,1-4H3,(H,25,27)/t19-/m1/s1. The van der Waals surface area contributed by atoms with Crippen molar-refractivity contribution in [2.45, 2.75) is 53.1 Å². The van der Waals surface area contributed by atoms with E-state index in [1.165, 1.54) is 5.56 Å². The van der Waals surface area contributed by atoms with E-state index >= 15 is 0 Å². The van der Waals surface area contributed by atoms with Gasteiger partial charge in [-0.15, -0.1) is 0 Å². The third kappa shape index (κ3) is 4.38. The fourth-order valence-corrected chi connectivity index (χ4v) is 3.25. The van der Waals surface area contributed by atoms with Crippen molar-refractivity contribution >= 4 is 16.9 Å². The lowest BCUT2D eigenvalue weighted by Crippen LogP contribution is -2.39. The molecule has 3 aromatic rings. The topological polar surface area (TPSA) is 46.9 Å². The molecule has 1 atom stereocenters. The fraction of sp³-hybridized carbons (Fsp3) is 0.391. The number of fused-ring (bicyclic) bond motifs is 1. The van der Waals surface area contributed by atoms with Crippen LogP contribution in [0.2, 0.25) is 0 Å². The van der Waals surface area contributed by atoms with Gasteiger partial charge in [-0.3, -0.25) is 4.79 Å². The molecule has 0 radical (unpaired) electrons. The summed E-state index contributed by atoms with van der Waals surface area (Å²) in [5, 5.41) is 3.26. The number of hydrogen-bond donors (Lipinski definition) is 1. The molecule has 4 heteroatoms. The second-order valence-corrected chi connectivity index (χ2v) is 8.08. The van der Waals surface area contributed by atoms with Crippen molar-refractivity contribution in [3.05, 3.63) is 66.0 Å². The monoisotopic (exact) mass is 363 g/mol. The van der Waals surface area contributed by atoms with Crippen LogP contribution in [0.4, 0.5) is 0 Å². The molecule has 0 bridgehead atoms. The lowest BCUT2D eigenvalue weighted by Gasteiger charge is -2.25. The van der Waals surface area contributed by atoms with Crippen LogP contribution in [-0.2, 0) is 17.8 Å². The summed E-state index contributed by atoms with van der Waals surface area (Å²) in [6.45, 7) is 8.87. The predicted molar refractivity (Wildman–Crippen MR) is 111 cm³/mol. The number of carbonyl (C=O) groups excluding carboxylic acids is 1. The molecule has 3 rings (SSSR count). The van der Waals surface area contributed by atoms with Crippen molar-refractivity contribution in [3.8, 4) is 0 Å². The number of imidazole rings is 1. The number of carbonyl (C=O) groups is 1. The Kier molecular flexibility index (Phi) is 5.64. The van der Waals surface area contributed by atoms with Gasteiger partial charge in [-0.25, -0.2) is 4.98 Å². The van der Waals surface area contributed by atoms with Crippen molar-refractivity contribution in [3.63, 3.8) is 0 Å². The maximum Gasteiger partial charge on any atom is 0.225 e. The van der Waals surface area contributed by atoms with Crippen molar-refractivity contribution in [1.29, 1.82) is 0 Å². The highest BCUT2D eigenvalue weighted by atomic mass is 16.2. The fourth-order valence-electron chi connectivity index (χ4n) is 3.25. The lowest BCUT2D eigenvalue weighted by atomic mass is 9.94. The third-order valence-corrected chi connectivity index (χ3v) is 4.71. The Morgan fingerprint density at radius 3 is 2.41 bits per heavy atom. The highest BCUT2D eigenvalue weighted by molar-refractivity contribution is 5.82. The Bertz CT molecular complexity index is 906. The average molecular weight is 364 g/mol. The molecule has 0 aliphatic carbocycles. The van der Waals surface area contributed by atoms with E-state index in [0.29, 0.717) is 0 Å². The van der Waals surface area contributed by atoms with Gasteiger partial charge in [-0.05, 0) is 30.5 Å². The molecule has 27 heavy (non-hydrogen) atoms. The van der Waals surface area contributed by atoms with Gasteiger partial charge in [0, 0.05) is 12.0 Å². The van der Waals surface area contributed by atoms with Gasteiger partial charge in [0.2, 0.25) is 5.91 Å². The smallest absolute Gasteiger partial charge is 0.225 e. The zero-order valence-electron chi connectivity index (χ0n) is 16.7. The van der Waals surface area contributed by atoms with Gasteiger partial charge in [0.15, 0.2) is 0 Å². The van der Waals surface area contributed by atoms with E-state index in [1.54, 1.807) is 0 Å². The Morgan fingerprint density at radius 1 is 1.07 bits per heavy atom. The molecular formula is C23H29N3O. The molecule has 0 aliphatic heterocycles. The summed E-state index contributed by atoms with van der Waals surface area (Å²) in [5.74, 6) is 0.970. The van der Waals surface area contributed by atoms with E-state index in [-0.39, 0.29) is 11.9 Å². The van der Waals surface area contributed by atoms with Gasteiger partial charge in [0.05, 0.1) is 17.1 Å². The molecule has 0 saturated heterocycles. The SMILES string of the molecule is CCCn1c([C@@H](Cc2ccccc2)NC(=O)C(C)(C)C)nc2ccccc21. The van der Waals surface area contributed by atoms with E-state index < -0.39 is 5.41 Å². The number of hydrogen-bond acceptors (Lipinski definition) is 2. The molecular weight excluding hydrogens is 334 g/mol. The van der Waals surface area contributed by atoms with Crippen LogP contribution >= 0.6 is 0 Å². The minimum absolute atomic E-state index is 0.0403. The molecule has 1 aromatic heterocycles. The highest BCUT2D eigenvalue weighted by Gasteiger charge is 2.28. The van der Waals surface area contributed by atoms with Crippen LogP contribution < -0.4 is 5.32 Å². The number of para-hydroxylation sites is 2. The first-order valence-corrected chi connectivity index (χ1v) is 9.70. The summed E-state index contributed by atoms with van der Waals surface area (Å²) in [5.41, 5.74) is 2.84. The molecule has 0 aliphatic rings. The third-order valence-electron chi connectivity index (χ3n) is 4.71. The summed E-state index contributed by atoms with van der Waals surface area (Å²) in [6, 6.07) is 18.3. The zero-order chi connectivity index (χ0) is 19.4. The Balaban J connectivity index is 2.05. The quantitative estimate of drug-likeness (QED) is 0.677. The lowest BCUT2D eigenvalue weighted by molar-refractivity contribution is -0.129. The Labute approximate surface area is 161 Å². The van der Waals surface area contributed by atoms with Crippen LogP contribution in [0.5, 0.6) is 0 Å². The van der Waals surface area contributed by atoms with Crippen LogP contribution in [0.25, 0.3) is 11.0 Å². The summed E-state index contributed by atoms with van der Waals surface area (Å²) in [6.07, 6.45) is 1.73. The Morgan fingerprint density at radius 2 is 1.74 bits per heavy atom. The molecule has 0 unspecified atom stereocenters. The van der Waals surface area contributed by atoms with E-state index in [1.807, 2.05) is 57.2 Å². The normalized spacial score (nSPS) is 12.9. The van der Waals surface area contributed by atoms with E-state index in [2.05, 4.69) is 35.0 Å². The van der Waals surface area contributed by atoms with Crippen LogP contribution in [0.3, 0.4) is 0 Å². The van der Waals surface area contributed by atoms with E-state index in [4.69, 9.17) is 4.98 Å². The maximum atomic E-state index is 12.8. The highest BCUT2D eigenvalue weighted by Crippen LogP contribution is 2.26. The molecule has 1 amide bonds. The van der Waals surface area contributed by atoms with Crippen LogP contribution in [-0.4, -0.2) is 15.5 Å². The summed E-state index contributed by atoms with van der Waals surface area (Å²) in [4.78, 5) is 17.7. The van der Waals surface area contributed by atoms with Crippen molar-refractivity contribution < 1.29 is 4.79 Å². The first kappa shape index (κ1) is 19.2. The molecule has 0 fully saturated rings. The van der Waals surface area contributed by atoms with Gasteiger partial charge in [0.1, 0.15) is 5.82 Å². The van der Waals surface area contributed by atoms with Crippen LogP contribution in [0.1, 0.15) is 51.5 Å². The molecule has 0 spiro atoms. The minimum atomic E-state index is -0.448. The summed E-state index contributed by atoms with van der Waals surface area (Å²) < 4.78 is 2.26. The van der Waals surface area contributed by atoms with Crippen molar-refractivity contribution in [1.82, 2.24) is 14.9 Å². The average Bonchev–Trinajstić information content (AvgIpc) is 3.00. The van der Waals surface area contributed by atoms with Gasteiger partial charge < -0.3 is 9.88 Å². The molecule has 1 N–H and O–H groups in total. The maximum absolute atomic E-state index is 12.8. The number of nitrogens with one attached hydrogen (secondary N) is 1. The van der Waals surface area contributed by atoms with Gasteiger partial charge in [-0.1, -0.05) is 70.2 Å². The largest absolute Gasteiger partial charge is 0.345 e. The number of aryl methyl sites for hydroxylation is 1. The summed E-state index contributed by atoms with van der Waals surface area (Å²) >= 11 is 0.